The topological polar surface area (TPSA) is 0 Å². The van der Waals surface area contributed by atoms with E-state index in [2.05, 4.69) is 142 Å². The van der Waals surface area contributed by atoms with Gasteiger partial charge in [-0.2, -0.15) is 0 Å². The van der Waals surface area contributed by atoms with Crippen LogP contribution in [0, 0.1) is 0 Å². The first-order valence-corrected chi connectivity index (χ1v) is 15.6. The normalized spacial score (nSPS) is 14.4. The molecule has 40 heavy (non-hydrogen) atoms. The van der Waals surface area contributed by atoms with Crippen molar-refractivity contribution < 1.29 is 0 Å². The molecule has 0 radical (unpaired) electrons. The molecule has 0 saturated carbocycles. The lowest BCUT2D eigenvalue weighted by molar-refractivity contribution is 0.900. The van der Waals surface area contributed by atoms with Gasteiger partial charge in [0.05, 0.1) is 0 Å². The first-order valence-electron chi connectivity index (χ1n) is 15.6. The second-order valence-corrected chi connectivity index (χ2v) is 12.1. The standard InChI is InChI=1S/C40H62/c1-33(2)19-13-23-37(7)27-17-31-39(9)29-15-25-35(5)21-11-12-22-36(6)26-16-30-40(10)32-18-28-38(8)24-14-20-34(3)4/h11-12,15,19-22,25,27-30H,13-14,16-18,23-24,26,31-32H2,1-10H3/b12-11+,25-15-,35-21-,36-22-,37-27+,38-28+,39-29+,40-30+. The fourth-order valence-corrected chi connectivity index (χ4v) is 4.14. The van der Waals surface area contributed by atoms with Crippen molar-refractivity contribution >= 4 is 0 Å². The zero-order chi connectivity index (χ0) is 30.2. The predicted molar refractivity (Wildman–Crippen MR) is 186 cm³/mol. The second kappa shape index (κ2) is 24.2. The third kappa shape index (κ3) is 25.7. The summed E-state index contributed by atoms with van der Waals surface area (Å²) >= 11 is 0. The van der Waals surface area contributed by atoms with Crippen molar-refractivity contribution in [1.82, 2.24) is 0 Å². The predicted octanol–water partition coefficient (Wildman–Crippen LogP) is 13.6. The molecule has 0 rings (SSSR count). The molecule has 0 aromatic rings. The molecule has 0 saturated heterocycles. The first-order chi connectivity index (χ1) is 19.0. The number of allylic oxidation sites excluding steroid dienone is 20. The van der Waals surface area contributed by atoms with Gasteiger partial charge in [0.1, 0.15) is 0 Å². The molecule has 0 bridgehead atoms. The molecule has 0 aromatic heterocycles. The van der Waals surface area contributed by atoms with E-state index in [4.69, 9.17) is 0 Å². The van der Waals surface area contributed by atoms with E-state index >= 15 is 0 Å². The van der Waals surface area contributed by atoms with Crippen LogP contribution in [0.4, 0.5) is 0 Å². The van der Waals surface area contributed by atoms with Crippen LogP contribution in [0.2, 0.25) is 0 Å². The molecule has 0 nitrogen and oxygen atoms in total. The van der Waals surface area contributed by atoms with Crippen molar-refractivity contribution in [2.45, 2.75) is 133 Å². The Morgan fingerprint density at radius 1 is 0.350 bits per heavy atom. The molecule has 0 atom stereocenters. The van der Waals surface area contributed by atoms with Gasteiger partial charge in [0.25, 0.3) is 0 Å². The van der Waals surface area contributed by atoms with Crippen molar-refractivity contribution in [3.8, 4) is 0 Å². The van der Waals surface area contributed by atoms with Crippen LogP contribution >= 0.6 is 0 Å². The van der Waals surface area contributed by atoms with Crippen LogP contribution in [-0.2, 0) is 0 Å². The van der Waals surface area contributed by atoms with Gasteiger partial charge in [-0.25, -0.2) is 0 Å². The molecular formula is C40H62. The number of rotatable bonds is 19. The van der Waals surface area contributed by atoms with Crippen LogP contribution in [0.15, 0.2) is 117 Å². The van der Waals surface area contributed by atoms with E-state index in [1.165, 1.54) is 70.3 Å². The summed E-state index contributed by atoms with van der Waals surface area (Å²) in [5.41, 5.74) is 11.5. The van der Waals surface area contributed by atoms with Crippen LogP contribution in [-0.4, -0.2) is 0 Å². The quantitative estimate of drug-likeness (QED) is 0.112. The van der Waals surface area contributed by atoms with Crippen molar-refractivity contribution in [2.24, 2.45) is 0 Å². The second-order valence-electron chi connectivity index (χ2n) is 12.1. The summed E-state index contributed by atoms with van der Waals surface area (Å²) < 4.78 is 0. The van der Waals surface area contributed by atoms with E-state index < -0.39 is 0 Å². The summed E-state index contributed by atoms with van der Waals surface area (Å²) in [7, 11) is 0. The molecule has 0 aliphatic heterocycles. The van der Waals surface area contributed by atoms with Gasteiger partial charge in [-0.15, -0.1) is 0 Å². The lowest BCUT2D eigenvalue weighted by Crippen LogP contribution is -1.82. The van der Waals surface area contributed by atoms with Crippen molar-refractivity contribution in [2.75, 3.05) is 0 Å². The third-order valence-electron chi connectivity index (χ3n) is 6.87. The summed E-state index contributed by atoms with van der Waals surface area (Å²) in [4.78, 5) is 0. The zero-order valence-corrected chi connectivity index (χ0v) is 28.0. The monoisotopic (exact) mass is 542 g/mol. The summed E-state index contributed by atoms with van der Waals surface area (Å²) in [6, 6.07) is 0. The fourth-order valence-electron chi connectivity index (χ4n) is 4.14. The fraction of sp³-hybridized carbons (Fsp3) is 0.500. The first kappa shape index (κ1) is 37.4. The largest absolute Gasteiger partial charge is 0.0856 e. The molecular weight excluding hydrogens is 480 g/mol. The van der Waals surface area contributed by atoms with Gasteiger partial charge in [-0.1, -0.05) is 117 Å². The molecule has 0 amide bonds. The van der Waals surface area contributed by atoms with E-state index in [0.29, 0.717) is 0 Å². The van der Waals surface area contributed by atoms with Crippen LogP contribution in [0.25, 0.3) is 0 Å². The summed E-state index contributed by atoms with van der Waals surface area (Å²) in [5.74, 6) is 0. The highest BCUT2D eigenvalue weighted by Gasteiger charge is 1.94. The minimum Gasteiger partial charge on any atom is -0.0856 e. The Kier molecular flexibility index (Phi) is 22.6. The van der Waals surface area contributed by atoms with E-state index in [9.17, 15) is 0 Å². The van der Waals surface area contributed by atoms with Crippen LogP contribution in [0.5, 0.6) is 0 Å². The Bertz CT molecular complexity index is 1010. The highest BCUT2D eigenvalue weighted by molar-refractivity contribution is 5.27. The van der Waals surface area contributed by atoms with Crippen molar-refractivity contribution in [1.29, 1.82) is 0 Å². The molecule has 0 unspecified atom stereocenters. The smallest absolute Gasteiger partial charge is 0.0285 e. The molecule has 222 valence electrons. The molecule has 0 heterocycles. The molecule has 0 aliphatic rings. The minimum atomic E-state index is 1.12. The number of hydrogen-bond acceptors (Lipinski definition) is 0. The van der Waals surface area contributed by atoms with Gasteiger partial charge >= 0.3 is 0 Å². The average molecular weight is 543 g/mol. The highest BCUT2D eigenvalue weighted by atomic mass is 14.0. The Morgan fingerprint density at radius 3 is 1.07 bits per heavy atom. The maximum Gasteiger partial charge on any atom is -0.0285 e. The molecule has 0 fully saturated rings. The molecule has 0 spiro atoms. The molecule has 0 aromatic carbocycles. The summed E-state index contributed by atoms with van der Waals surface area (Å²) in [6.45, 7) is 22.1. The highest BCUT2D eigenvalue weighted by Crippen LogP contribution is 2.14. The lowest BCUT2D eigenvalue weighted by atomic mass is 10.0. The van der Waals surface area contributed by atoms with Gasteiger partial charge in [0, 0.05) is 0 Å². The molecule has 0 aliphatic carbocycles. The maximum atomic E-state index is 2.42. The Balaban J connectivity index is 4.39. The third-order valence-corrected chi connectivity index (χ3v) is 6.87. The Hall–Kier alpha value is -2.60. The van der Waals surface area contributed by atoms with E-state index in [-0.39, 0.29) is 0 Å². The zero-order valence-electron chi connectivity index (χ0n) is 28.0. The SMILES string of the molecule is CC(C)=CCC/C(C)=C/CC/C(C)=C/C=C\C(C)=C/C=C/C=C(/C)CC/C=C(\C)CC/C=C(\C)CCC=C(C)C. The van der Waals surface area contributed by atoms with Crippen LogP contribution < -0.4 is 0 Å². The summed E-state index contributed by atoms with van der Waals surface area (Å²) in [6.07, 6.45) is 38.8. The van der Waals surface area contributed by atoms with Gasteiger partial charge in [0.15, 0.2) is 0 Å². The Labute approximate surface area is 250 Å². The van der Waals surface area contributed by atoms with E-state index in [1.807, 2.05) is 0 Å². The minimum absolute atomic E-state index is 1.12. The van der Waals surface area contributed by atoms with Crippen LogP contribution in [0.1, 0.15) is 133 Å². The van der Waals surface area contributed by atoms with Gasteiger partial charge in [0.2, 0.25) is 0 Å². The maximum absolute atomic E-state index is 2.42. The number of hydrogen-bond donors (Lipinski definition) is 0. The molecule has 0 N–H and O–H groups in total. The van der Waals surface area contributed by atoms with Crippen molar-refractivity contribution in [3.05, 3.63) is 117 Å². The van der Waals surface area contributed by atoms with Gasteiger partial charge in [-0.05, 0) is 133 Å². The van der Waals surface area contributed by atoms with E-state index in [0.717, 1.165) is 38.5 Å². The average Bonchev–Trinajstić information content (AvgIpc) is 2.86. The summed E-state index contributed by atoms with van der Waals surface area (Å²) in [5, 5.41) is 0. The van der Waals surface area contributed by atoms with Crippen LogP contribution in [0.3, 0.4) is 0 Å². The van der Waals surface area contributed by atoms with Gasteiger partial charge < -0.3 is 0 Å². The Morgan fingerprint density at radius 2 is 0.675 bits per heavy atom. The molecule has 0 heteroatoms. The van der Waals surface area contributed by atoms with E-state index in [1.54, 1.807) is 0 Å². The van der Waals surface area contributed by atoms with Gasteiger partial charge in [-0.3, -0.25) is 0 Å². The van der Waals surface area contributed by atoms with Crippen molar-refractivity contribution in [3.63, 3.8) is 0 Å². The lowest BCUT2D eigenvalue weighted by Gasteiger charge is -2.02.